The second kappa shape index (κ2) is 15.3. The van der Waals surface area contributed by atoms with E-state index < -0.39 is 5.63 Å². The number of benzene rings is 1. The summed E-state index contributed by atoms with van der Waals surface area (Å²) in [5, 5.41) is 10.7. The first kappa shape index (κ1) is 27.6. The van der Waals surface area contributed by atoms with Crippen molar-refractivity contribution in [2.24, 2.45) is 0 Å². The van der Waals surface area contributed by atoms with Crippen molar-refractivity contribution in [1.82, 2.24) is 0 Å². The van der Waals surface area contributed by atoms with Gasteiger partial charge in [0.2, 0.25) is 5.75 Å². The van der Waals surface area contributed by atoms with Crippen LogP contribution in [0.4, 0.5) is 0 Å². The molecule has 0 amide bonds. The first-order valence-electron chi connectivity index (χ1n) is 12.8. The van der Waals surface area contributed by atoms with Gasteiger partial charge < -0.3 is 19.0 Å². The standard InChI is InChI=1S/C29H42O5/c1-5-6-7-8-9-10-11-12-20-32-27-24-17-14-18-25(30)26(24)34-29(31)28(27)33-21-19-23(4)16-13-15-22(2)3/h14-15,17-19,30H,5-13,16,20-21H2,1-4H3/b23-19+. The lowest BCUT2D eigenvalue weighted by Gasteiger charge is -2.14. The molecule has 0 fully saturated rings. The van der Waals surface area contributed by atoms with E-state index in [1.165, 1.54) is 55.7 Å². The van der Waals surface area contributed by atoms with E-state index in [-0.39, 0.29) is 23.7 Å². The predicted octanol–water partition coefficient (Wildman–Crippen LogP) is 8.09. The summed E-state index contributed by atoms with van der Waals surface area (Å²) in [7, 11) is 0. The molecule has 0 spiro atoms. The SMILES string of the molecule is CCCCCCCCCCOc1c(OC/C=C(\C)CCC=C(C)C)c(=O)oc2c(O)cccc12. The van der Waals surface area contributed by atoms with Crippen LogP contribution in [0, 0.1) is 0 Å². The third-order valence-electron chi connectivity index (χ3n) is 5.82. The number of ether oxygens (including phenoxy) is 2. The lowest BCUT2D eigenvalue weighted by atomic mass is 10.1. The Labute approximate surface area is 204 Å². The molecule has 1 heterocycles. The van der Waals surface area contributed by atoms with Crippen molar-refractivity contribution in [1.29, 1.82) is 0 Å². The van der Waals surface area contributed by atoms with Gasteiger partial charge in [-0.15, -0.1) is 0 Å². The number of para-hydroxylation sites is 1. The topological polar surface area (TPSA) is 68.9 Å². The number of phenols is 1. The number of allylic oxidation sites excluding steroid dienone is 3. The van der Waals surface area contributed by atoms with Crippen LogP contribution in [0.2, 0.25) is 0 Å². The number of rotatable bonds is 16. The molecular formula is C29H42O5. The smallest absolute Gasteiger partial charge is 0.383 e. The van der Waals surface area contributed by atoms with Crippen molar-refractivity contribution >= 4 is 11.0 Å². The second-order valence-electron chi connectivity index (χ2n) is 9.21. The third-order valence-corrected chi connectivity index (χ3v) is 5.82. The summed E-state index contributed by atoms with van der Waals surface area (Å²) in [4.78, 5) is 12.7. The number of hydrogen-bond donors (Lipinski definition) is 1. The van der Waals surface area contributed by atoms with Gasteiger partial charge in [-0.25, -0.2) is 4.79 Å². The van der Waals surface area contributed by atoms with Crippen LogP contribution in [-0.4, -0.2) is 18.3 Å². The number of unbranched alkanes of at least 4 members (excludes halogenated alkanes) is 7. The minimum Gasteiger partial charge on any atom is -0.504 e. The zero-order valence-electron chi connectivity index (χ0n) is 21.5. The molecule has 0 unspecified atom stereocenters. The molecule has 1 aromatic carbocycles. The summed E-state index contributed by atoms with van der Waals surface area (Å²) in [5.74, 6) is 0.319. The summed E-state index contributed by atoms with van der Waals surface area (Å²) >= 11 is 0. The van der Waals surface area contributed by atoms with Gasteiger partial charge in [-0.3, -0.25) is 0 Å². The molecule has 188 valence electrons. The Morgan fingerprint density at radius 3 is 2.35 bits per heavy atom. The second-order valence-corrected chi connectivity index (χ2v) is 9.21. The van der Waals surface area contributed by atoms with E-state index in [9.17, 15) is 9.90 Å². The Hall–Kier alpha value is -2.69. The summed E-state index contributed by atoms with van der Waals surface area (Å²) in [5.41, 5.74) is 1.98. The average Bonchev–Trinajstić information content (AvgIpc) is 2.79. The molecule has 2 aromatic rings. The predicted molar refractivity (Wildman–Crippen MR) is 140 cm³/mol. The molecule has 1 N–H and O–H groups in total. The van der Waals surface area contributed by atoms with E-state index in [1.807, 2.05) is 6.08 Å². The van der Waals surface area contributed by atoms with E-state index >= 15 is 0 Å². The van der Waals surface area contributed by atoms with Gasteiger partial charge in [0.05, 0.1) is 12.0 Å². The normalized spacial score (nSPS) is 11.6. The molecule has 0 saturated heterocycles. The zero-order chi connectivity index (χ0) is 24.8. The van der Waals surface area contributed by atoms with Crippen molar-refractivity contribution in [2.75, 3.05) is 13.2 Å². The van der Waals surface area contributed by atoms with Crippen LogP contribution in [0.25, 0.3) is 11.0 Å². The van der Waals surface area contributed by atoms with Crippen LogP contribution in [0.1, 0.15) is 91.9 Å². The molecular weight excluding hydrogens is 428 g/mol. The number of hydrogen-bond acceptors (Lipinski definition) is 5. The lowest BCUT2D eigenvalue weighted by Crippen LogP contribution is -2.11. The fourth-order valence-electron chi connectivity index (χ4n) is 3.80. The number of fused-ring (bicyclic) bond motifs is 1. The molecule has 5 heteroatoms. The Balaban J connectivity index is 2.04. The van der Waals surface area contributed by atoms with Crippen LogP contribution < -0.4 is 15.1 Å². The molecule has 1 aromatic heterocycles. The van der Waals surface area contributed by atoms with Crippen LogP contribution in [0.5, 0.6) is 17.2 Å². The molecule has 5 nitrogen and oxygen atoms in total. The zero-order valence-corrected chi connectivity index (χ0v) is 21.5. The maximum Gasteiger partial charge on any atom is 0.383 e. The van der Waals surface area contributed by atoms with Gasteiger partial charge in [0.1, 0.15) is 6.61 Å². The molecule has 34 heavy (non-hydrogen) atoms. The van der Waals surface area contributed by atoms with Crippen molar-refractivity contribution in [2.45, 2.75) is 91.9 Å². The molecule has 0 aliphatic carbocycles. The first-order chi connectivity index (χ1) is 16.4. The summed E-state index contributed by atoms with van der Waals surface area (Å²) < 4.78 is 17.3. The van der Waals surface area contributed by atoms with E-state index in [2.05, 4.69) is 33.8 Å². The summed E-state index contributed by atoms with van der Waals surface area (Å²) in [6.45, 7) is 9.21. The molecule has 0 radical (unpaired) electrons. The first-order valence-corrected chi connectivity index (χ1v) is 12.8. The highest BCUT2D eigenvalue weighted by molar-refractivity contribution is 5.89. The van der Waals surface area contributed by atoms with Crippen molar-refractivity contribution in [3.63, 3.8) is 0 Å². The molecule has 0 atom stereocenters. The van der Waals surface area contributed by atoms with Gasteiger partial charge in [-0.1, -0.05) is 75.2 Å². The van der Waals surface area contributed by atoms with Gasteiger partial charge in [-0.05, 0) is 58.2 Å². The highest BCUT2D eigenvalue weighted by Crippen LogP contribution is 2.36. The molecule has 0 aliphatic rings. The van der Waals surface area contributed by atoms with Crippen molar-refractivity contribution in [3.8, 4) is 17.2 Å². The van der Waals surface area contributed by atoms with Crippen molar-refractivity contribution in [3.05, 3.63) is 51.9 Å². The minimum atomic E-state index is -0.643. The summed E-state index contributed by atoms with van der Waals surface area (Å²) in [6, 6.07) is 4.97. The lowest BCUT2D eigenvalue weighted by molar-refractivity contribution is 0.269. The largest absolute Gasteiger partial charge is 0.504 e. The maximum atomic E-state index is 12.7. The van der Waals surface area contributed by atoms with E-state index in [0.29, 0.717) is 17.7 Å². The van der Waals surface area contributed by atoms with Gasteiger partial charge >= 0.3 is 5.63 Å². The van der Waals surface area contributed by atoms with E-state index in [4.69, 9.17) is 13.9 Å². The molecule has 2 rings (SSSR count). The fraction of sp³-hybridized carbons (Fsp3) is 0.552. The summed E-state index contributed by atoms with van der Waals surface area (Å²) in [6.07, 6.45) is 15.7. The number of aromatic hydroxyl groups is 1. The van der Waals surface area contributed by atoms with Gasteiger partial charge in [0.15, 0.2) is 17.1 Å². The molecule has 0 aliphatic heterocycles. The quantitative estimate of drug-likeness (QED) is 0.152. The van der Waals surface area contributed by atoms with Gasteiger partial charge in [0.25, 0.3) is 0 Å². The minimum absolute atomic E-state index is 0.0611. The van der Waals surface area contributed by atoms with Crippen LogP contribution in [0.15, 0.2) is 50.7 Å². The highest BCUT2D eigenvalue weighted by Gasteiger charge is 2.19. The highest BCUT2D eigenvalue weighted by atomic mass is 16.5. The molecule has 0 saturated carbocycles. The average molecular weight is 471 g/mol. The Bertz CT molecular complexity index is 995. The van der Waals surface area contributed by atoms with Crippen LogP contribution in [-0.2, 0) is 0 Å². The van der Waals surface area contributed by atoms with Crippen LogP contribution >= 0.6 is 0 Å². The van der Waals surface area contributed by atoms with Gasteiger partial charge in [0, 0.05) is 0 Å². The molecule has 0 bridgehead atoms. The fourth-order valence-corrected chi connectivity index (χ4v) is 3.80. The Morgan fingerprint density at radius 2 is 1.65 bits per heavy atom. The maximum absolute atomic E-state index is 12.7. The van der Waals surface area contributed by atoms with E-state index in [0.717, 1.165) is 25.7 Å². The number of phenolic OH excluding ortho intramolecular Hbond substituents is 1. The van der Waals surface area contributed by atoms with E-state index in [1.54, 1.807) is 12.1 Å². The third kappa shape index (κ3) is 9.28. The Kier molecular flexibility index (Phi) is 12.4. The monoisotopic (exact) mass is 470 g/mol. The Morgan fingerprint density at radius 1 is 0.941 bits per heavy atom. The van der Waals surface area contributed by atoms with Crippen LogP contribution in [0.3, 0.4) is 0 Å². The van der Waals surface area contributed by atoms with Gasteiger partial charge in [-0.2, -0.15) is 0 Å². The van der Waals surface area contributed by atoms with Crippen molar-refractivity contribution < 1.29 is 19.0 Å².